The van der Waals surface area contributed by atoms with Crippen LogP contribution in [0.25, 0.3) is 11.0 Å². The van der Waals surface area contributed by atoms with Crippen LogP contribution in [-0.4, -0.2) is 32.7 Å². The highest BCUT2D eigenvalue weighted by atomic mass is 16.5. The molecule has 8 nitrogen and oxygen atoms in total. The van der Waals surface area contributed by atoms with Crippen molar-refractivity contribution in [1.82, 2.24) is 19.5 Å². The predicted molar refractivity (Wildman–Crippen MR) is 102 cm³/mol. The highest BCUT2D eigenvalue weighted by molar-refractivity contribution is 5.87. The summed E-state index contributed by atoms with van der Waals surface area (Å²) >= 11 is 0. The predicted octanol–water partition coefficient (Wildman–Crippen LogP) is 2.88. The molecule has 1 aliphatic carbocycles. The van der Waals surface area contributed by atoms with E-state index in [4.69, 9.17) is 15.7 Å². The second kappa shape index (κ2) is 7.11. The van der Waals surface area contributed by atoms with Crippen molar-refractivity contribution in [2.24, 2.45) is 0 Å². The lowest BCUT2D eigenvalue weighted by Crippen LogP contribution is -2.29. The van der Waals surface area contributed by atoms with Crippen LogP contribution in [0.4, 0.5) is 11.6 Å². The van der Waals surface area contributed by atoms with Gasteiger partial charge in [0.2, 0.25) is 11.8 Å². The number of aromatic nitrogens is 4. The smallest absolute Gasteiger partial charge is 0.236 e. The monoisotopic (exact) mass is 363 g/mol. The molecule has 0 bridgehead atoms. The zero-order valence-electron chi connectivity index (χ0n) is 15.1. The normalized spacial score (nSPS) is 19.6. The summed E-state index contributed by atoms with van der Waals surface area (Å²) in [5.74, 6) is 0.773. The number of hydrogen-bond donors (Lipinski definition) is 2. The van der Waals surface area contributed by atoms with Crippen molar-refractivity contribution in [2.45, 2.75) is 37.8 Å². The number of anilines is 2. The van der Waals surface area contributed by atoms with E-state index in [1.807, 2.05) is 24.5 Å². The highest BCUT2D eigenvalue weighted by Crippen LogP contribution is 2.33. The number of ether oxygens (including phenoxy) is 1. The summed E-state index contributed by atoms with van der Waals surface area (Å²) in [7, 11) is 1.50. The first-order chi connectivity index (χ1) is 13.2. The largest absolute Gasteiger partial charge is 0.480 e. The van der Waals surface area contributed by atoms with Gasteiger partial charge >= 0.3 is 0 Å². The number of hydrogen-bond acceptors (Lipinski definition) is 7. The molecule has 0 amide bonds. The number of nitrogens with two attached hydrogens (primary N) is 1. The van der Waals surface area contributed by atoms with Crippen LogP contribution in [0.5, 0.6) is 5.88 Å². The SMILES string of the molecule is COc1nc(N[C@@H]2CCC[C@H](n3cnc4c(N)cccc43)C2)ncc1C#N. The molecule has 1 fully saturated rings. The van der Waals surface area contributed by atoms with Crippen molar-refractivity contribution in [1.29, 1.82) is 5.26 Å². The number of nitrogens with zero attached hydrogens (tertiary/aromatic N) is 5. The van der Waals surface area contributed by atoms with Gasteiger partial charge < -0.3 is 20.4 Å². The molecule has 27 heavy (non-hydrogen) atoms. The summed E-state index contributed by atoms with van der Waals surface area (Å²) in [6, 6.07) is 8.50. The van der Waals surface area contributed by atoms with Crippen LogP contribution in [0.3, 0.4) is 0 Å². The standard InChI is InChI=1S/C19H21N7O/c1-27-18-12(9-20)10-22-19(25-18)24-13-4-2-5-14(8-13)26-11-23-17-15(21)6-3-7-16(17)26/h3,6-7,10-11,13-14H,2,4-5,8,21H2,1H3,(H,22,24,25)/t13-,14+/m1/s1. The van der Waals surface area contributed by atoms with E-state index in [9.17, 15) is 0 Å². The lowest BCUT2D eigenvalue weighted by Gasteiger charge is -2.31. The van der Waals surface area contributed by atoms with Crippen LogP contribution in [0.2, 0.25) is 0 Å². The third-order valence-electron chi connectivity index (χ3n) is 5.08. The van der Waals surface area contributed by atoms with Gasteiger partial charge in [0.05, 0.1) is 30.8 Å². The first kappa shape index (κ1) is 17.1. The maximum Gasteiger partial charge on any atom is 0.236 e. The van der Waals surface area contributed by atoms with Crippen LogP contribution in [0.15, 0.2) is 30.7 Å². The molecule has 1 aromatic carbocycles. The minimum atomic E-state index is 0.236. The molecule has 0 saturated heterocycles. The van der Waals surface area contributed by atoms with Gasteiger partial charge in [-0.3, -0.25) is 0 Å². The number of nitrogens with one attached hydrogen (secondary N) is 1. The summed E-state index contributed by atoms with van der Waals surface area (Å²) in [6.07, 6.45) is 7.53. The molecular weight excluding hydrogens is 342 g/mol. The molecule has 2 atom stereocenters. The van der Waals surface area contributed by atoms with E-state index >= 15 is 0 Å². The number of benzene rings is 1. The lowest BCUT2D eigenvalue weighted by molar-refractivity contribution is 0.336. The summed E-state index contributed by atoms with van der Waals surface area (Å²) < 4.78 is 7.39. The average molecular weight is 363 g/mol. The Morgan fingerprint density at radius 1 is 1.33 bits per heavy atom. The van der Waals surface area contributed by atoms with E-state index in [0.29, 0.717) is 29.1 Å². The van der Waals surface area contributed by atoms with E-state index in [1.165, 1.54) is 13.3 Å². The number of para-hydroxylation sites is 1. The summed E-state index contributed by atoms with van der Waals surface area (Å²) in [4.78, 5) is 13.0. The minimum Gasteiger partial charge on any atom is -0.480 e. The molecule has 0 radical (unpaired) electrons. The third-order valence-corrected chi connectivity index (χ3v) is 5.08. The maximum absolute atomic E-state index is 9.06. The van der Waals surface area contributed by atoms with Gasteiger partial charge in [-0.2, -0.15) is 10.2 Å². The topological polar surface area (TPSA) is 115 Å². The van der Waals surface area contributed by atoms with Crippen molar-refractivity contribution in [2.75, 3.05) is 18.2 Å². The fourth-order valence-electron chi connectivity index (χ4n) is 3.77. The molecule has 2 aromatic heterocycles. The molecule has 3 N–H and O–H groups in total. The van der Waals surface area contributed by atoms with Gasteiger partial charge in [0.25, 0.3) is 0 Å². The lowest BCUT2D eigenvalue weighted by atomic mass is 9.90. The van der Waals surface area contributed by atoms with Gasteiger partial charge in [0, 0.05) is 12.1 Å². The number of fused-ring (bicyclic) bond motifs is 1. The number of nitriles is 1. The van der Waals surface area contributed by atoms with Crippen LogP contribution >= 0.6 is 0 Å². The number of nitrogen functional groups attached to an aromatic ring is 1. The zero-order chi connectivity index (χ0) is 18.8. The molecule has 1 saturated carbocycles. The molecule has 1 aliphatic rings. The quantitative estimate of drug-likeness (QED) is 0.685. The van der Waals surface area contributed by atoms with E-state index in [0.717, 1.165) is 36.7 Å². The van der Waals surface area contributed by atoms with Crippen LogP contribution < -0.4 is 15.8 Å². The summed E-state index contributed by atoms with van der Waals surface area (Å²) in [6.45, 7) is 0. The van der Waals surface area contributed by atoms with Crippen LogP contribution in [0.1, 0.15) is 37.3 Å². The number of methoxy groups -OCH3 is 1. The van der Waals surface area contributed by atoms with Crippen LogP contribution in [-0.2, 0) is 0 Å². The molecule has 0 aliphatic heterocycles. The third kappa shape index (κ3) is 3.24. The molecule has 138 valence electrons. The van der Waals surface area contributed by atoms with Gasteiger partial charge in [-0.05, 0) is 37.8 Å². The van der Waals surface area contributed by atoms with Crippen molar-refractivity contribution in [3.8, 4) is 11.9 Å². The summed E-state index contributed by atoms with van der Waals surface area (Å²) in [5.41, 5.74) is 8.99. The van der Waals surface area contributed by atoms with Gasteiger partial charge in [-0.1, -0.05) is 6.07 Å². The Morgan fingerprint density at radius 2 is 2.22 bits per heavy atom. The molecule has 0 spiro atoms. The Bertz CT molecular complexity index is 1010. The van der Waals surface area contributed by atoms with Crippen molar-refractivity contribution in [3.63, 3.8) is 0 Å². The van der Waals surface area contributed by atoms with Gasteiger partial charge in [-0.15, -0.1) is 0 Å². The first-order valence-corrected chi connectivity index (χ1v) is 8.98. The maximum atomic E-state index is 9.06. The van der Waals surface area contributed by atoms with Crippen molar-refractivity contribution >= 4 is 22.7 Å². The van der Waals surface area contributed by atoms with E-state index in [2.05, 4.69) is 30.9 Å². The Hall–Kier alpha value is -3.34. The van der Waals surface area contributed by atoms with Gasteiger partial charge in [0.15, 0.2) is 0 Å². The molecule has 4 rings (SSSR count). The Labute approximate surface area is 157 Å². The van der Waals surface area contributed by atoms with Crippen LogP contribution in [0, 0.1) is 11.3 Å². The fraction of sp³-hybridized carbons (Fsp3) is 0.368. The van der Waals surface area contributed by atoms with Crippen molar-refractivity contribution < 1.29 is 4.74 Å². The minimum absolute atomic E-state index is 0.236. The molecule has 3 aromatic rings. The number of rotatable bonds is 4. The molecular formula is C19H21N7O. The fourth-order valence-corrected chi connectivity index (χ4v) is 3.77. The second-order valence-electron chi connectivity index (χ2n) is 6.76. The zero-order valence-corrected chi connectivity index (χ0v) is 15.1. The highest BCUT2D eigenvalue weighted by Gasteiger charge is 2.25. The second-order valence-corrected chi connectivity index (χ2v) is 6.76. The Kier molecular flexibility index (Phi) is 4.50. The molecule has 8 heteroatoms. The van der Waals surface area contributed by atoms with E-state index < -0.39 is 0 Å². The average Bonchev–Trinajstić information content (AvgIpc) is 3.13. The summed E-state index contributed by atoms with van der Waals surface area (Å²) in [5, 5.41) is 12.4. The molecule has 2 heterocycles. The van der Waals surface area contributed by atoms with E-state index in [-0.39, 0.29) is 6.04 Å². The van der Waals surface area contributed by atoms with Crippen molar-refractivity contribution in [3.05, 3.63) is 36.3 Å². The van der Waals surface area contributed by atoms with E-state index in [1.54, 1.807) is 0 Å². The Balaban J connectivity index is 1.53. The first-order valence-electron chi connectivity index (χ1n) is 8.98. The Morgan fingerprint density at radius 3 is 3.04 bits per heavy atom. The molecule has 0 unspecified atom stereocenters. The van der Waals surface area contributed by atoms with Gasteiger partial charge in [0.1, 0.15) is 17.1 Å². The van der Waals surface area contributed by atoms with Gasteiger partial charge in [-0.25, -0.2) is 9.97 Å². The number of imidazole rings is 1.